The van der Waals surface area contributed by atoms with Gasteiger partial charge in [-0.05, 0) is 19.2 Å². The number of carbonyl (C=O) groups is 2. The molecular formula is C11H16N2O4. The van der Waals surface area contributed by atoms with Gasteiger partial charge in [-0.25, -0.2) is 4.79 Å². The van der Waals surface area contributed by atoms with Crippen molar-refractivity contribution in [2.75, 3.05) is 20.7 Å². The van der Waals surface area contributed by atoms with Gasteiger partial charge in [-0.3, -0.25) is 4.79 Å². The van der Waals surface area contributed by atoms with Crippen LogP contribution in [-0.4, -0.2) is 32.6 Å². The number of rotatable bonds is 6. The fraction of sp³-hybridized carbons (Fsp3) is 0.455. The molecule has 0 saturated carbocycles. The molecule has 0 fully saturated rings. The van der Waals surface area contributed by atoms with E-state index in [1.165, 1.54) is 13.2 Å². The van der Waals surface area contributed by atoms with Gasteiger partial charge in [0, 0.05) is 13.0 Å². The van der Waals surface area contributed by atoms with Gasteiger partial charge in [0.25, 0.3) is 0 Å². The second kappa shape index (κ2) is 6.70. The highest BCUT2D eigenvalue weighted by Gasteiger charge is 2.11. The van der Waals surface area contributed by atoms with E-state index in [-0.39, 0.29) is 18.2 Å². The summed E-state index contributed by atoms with van der Waals surface area (Å²) in [5.74, 6) is 0.0447. The lowest BCUT2D eigenvalue weighted by atomic mass is 10.3. The maximum atomic E-state index is 11.3. The Balaban J connectivity index is 2.39. The van der Waals surface area contributed by atoms with Crippen LogP contribution in [0.5, 0.6) is 0 Å². The standard InChI is InChI=1S/C11H16N2O4/c1-12-6-5-10(14)13-7-8-3-4-9(17-8)11(15)16-2/h3-4,12H,5-7H2,1-2H3,(H,13,14). The molecule has 0 aliphatic rings. The van der Waals surface area contributed by atoms with E-state index in [1.54, 1.807) is 13.1 Å². The Morgan fingerprint density at radius 2 is 2.18 bits per heavy atom. The molecule has 6 nitrogen and oxygen atoms in total. The second-order valence-electron chi connectivity index (χ2n) is 3.39. The molecule has 1 aromatic heterocycles. The SMILES string of the molecule is CNCCC(=O)NCc1ccc(C(=O)OC)o1. The molecule has 0 radical (unpaired) electrons. The summed E-state index contributed by atoms with van der Waals surface area (Å²) in [5.41, 5.74) is 0. The average molecular weight is 240 g/mol. The third kappa shape index (κ3) is 4.28. The molecule has 0 aliphatic carbocycles. The normalized spacial score (nSPS) is 10.0. The van der Waals surface area contributed by atoms with Crippen LogP contribution in [-0.2, 0) is 16.1 Å². The summed E-state index contributed by atoms with van der Waals surface area (Å²) in [5, 5.41) is 5.56. The van der Waals surface area contributed by atoms with Gasteiger partial charge in [0.1, 0.15) is 5.76 Å². The number of furan rings is 1. The van der Waals surface area contributed by atoms with Crippen LogP contribution in [0.3, 0.4) is 0 Å². The summed E-state index contributed by atoms with van der Waals surface area (Å²) in [6.07, 6.45) is 0.404. The van der Waals surface area contributed by atoms with E-state index < -0.39 is 5.97 Å². The summed E-state index contributed by atoms with van der Waals surface area (Å²) in [6, 6.07) is 3.14. The number of ether oxygens (including phenoxy) is 1. The van der Waals surface area contributed by atoms with Gasteiger partial charge in [0.2, 0.25) is 11.7 Å². The maximum absolute atomic E-state index is 11.3. The molecule has 0 spiro atoms. The summed E-state index contributed by atoms with van der Waals surface area (Å²) in [4.78, 5) is 22.4. The predicted molar refractivity (Wildman–Crippen MR) is 60.4 cm³/mol. The number of carbonyl (C=O) groups excluding carboxylic acids is 2. The van der Waals surface area contributed by atoms with E-state index in [0.717, 1.165) is 0 Å². The summed E-state index contributed by atoms with van der Waals surface area (Å²) < 4.78 is 9.69. The minimum Gasteiger partial charge on any atom is -0.463 e. The number of hydrogen-bond donors (Lipinski definition) is 2. The molecule has 6 heteroatoms. The molecule has 1 rings (SSSR count). The highest BCUT2D eigenvalue weighted by molar-refractivity contribution is 5.86. The van der Waals surface area contributed by atoms with Crippen molar-refractivity contribution in [3.8, 4) is 0 Å². The fourth-order valence-electron chi connectivity index (χ4n) is 1.20. The highest BCUT2D eigenvalue weighted by Crippen LogP contribution is 2.08. The Kier molecular flexibility index (Phi) is 5.22. The molecule has 1 aromatic rings. The van der Waals surface area contributed by atoms with Gasteiger partial charge in [0.15, 0.2) is 0 Å². The van der Waals surface area contributed by atoms with Crippen molar-refractivity contribution < 1.29 is 18.7 Å². The molecule has 0 aromatic carbocycles. The van der Waals surface area contributed by atoms with Gasteiger partial charge in [-0.2, -0.15) is 0 Å². The van der Waals surface area contributed by atoms with Gasteiger partial charge >= 0.3 is 5.97 Å². The van der Waals surface area contributed by atoms with E-state index >= 15 is 0 Å². The first kappa shape index (κ1) is 13.2. The number of methoxy groups -OCH3 is 1. The lowest BCUT2D eigenvalue weighted by molar-refractivity contribution is -0.121. The predicted octanol–water partition coefficient (Wildman–Crippen LogP) is 0.292. The number of amides is 1. The van der Waals surface area contributed by atoms with Crippen LogP contribution in [0.15, 0.2) is 16.5 Å². The summed E-state index contributed by atoms with van der Waals surface area (Å²) in [6.45, 7) is 0.886. The van der Waals surface area contributed by atoms with Crippen LogP contribution in [0, 0.1) is 0 Å². The lowest BCUT2D eigenvalue weighted by Crippen LogP contribution is -2.25. The Labute approximate surface area is 99.3 Å². The average Bonchev–Trinajstić information content (AvgIpc) is 2.81. The first-order valence-corrected chi connectivity index (χ1v) is 5.25. The zero-order valence-corrected chi connectivity index (χ0v) is 9.91. The second-order valence-corrected chi connectivity index (χ2v) is 3.39. The maximum Gasteiger partial charge on any atom is 0.373 e. The van der Waals surface area contributed by atoms with Crippen LogP contribution < -0.4 is 10.6 Å². The molecule has 2 N–H and O–H groups in total. The molecule has 17 heavy (non-hydrogen) atoms. The number of esters is 1. The van der Waals surface area contributed by atoms with Crippen molar-refractivity contribution in [2.24, 2.45) is 0 Å². The quantitative estimate of drug-likeness (QED) is 0.699. The van der Waals surface area contributed by atoms with E-state index in [4.69, 9.17) is 4.42 Å². The smallest absolute Gasteiger partial charge is 0.373 e. The minimum absolute atomic E-state index is 0.0737. The van der Waals surface area contributed by atoms with Crippen molar-refractivity contribution in [3.05, 3.63) is 23.7 Å². The largest absolute Gasteiger partial charge is 0.463 e. The van der Waals surface area contributed by atoms with Crippen molar-refractivity contribution in [1.29, 1.82) is 0 Å². The van der Waals surface area contributed by atoms with Crippen molar-refractivity contribution >= 4 is 11.9 Å². The lowest BCUT2D eigenvalue weighted by Gasteiger charge is -2.02. The van der Waals surface area contributed by atoms with Crippen LogP contribution >= 0.6 is 0 Å². The molecule has 1 heterocycles. The number of hydrogen-bond acceptors (Lipinski definition) is 5. The van der Waals surface area contributed by atoms with Crippen LogP contribution in [0.25, 0.3) is 0 Å². The third-order valence-electron chi connectivity index (χ3n) is 2.11. The summed E-state index contributed by atoms with van der Waals surface area (Å²) >= 11 is 0. The van der Waals surface area contributed by atoms with E-state index in [1.807, 2.05) is 0 Å². The molecular weight excluding hydrogens is 224 g/mol. The van der Waals surface area contributed by atoms with Crippen molar-refractivity contribution in [1.82, 2.24) is 10.6 Å². The van der Waals surface area contributed by atoms with Gasteiger partial charge in [0.05, 0.1) is 13.7 Å². The fourth-order valence-corrected chi connectivity index (χ4v) is 1.20. The highest BCUT2D eigenvalue weighted by atomic mass is 16.5. The van der Waals surface area contributed by atoms with Crippen molar-refractivity contribution in [3.63, 3.8) is 0 Å². The van der Waals surface area contributed by atoms with Crippen LogP contribution in [0.1, 0.15) is 22.7 Å². The monoisotopic (exact) mass is 240 g/mol. The van der Waals surface area contributed by atoms with Crippen molar-refractivity contribution in [2.45, 2.75) is 13.0 Å². The molecule has 1 amide bonds. The van der Waals surface area contributed by atoms with Gasteiger partial charge < -0.3 is 19.8 Å². The Morgan fingerprint density at radius 1 is 1.41 bits per heavy atom. The Morgan fingerprint density at radius 3 is 2.82 bits per heavy atom. The first-order chi connectivity index (χ1) is 8.17. The van der Waals surface area contributed by atoms with Gasteiger partial charge in [-0.15, -0.1) is 0 Å². The first-order valence-electron chi connectivity index (χ1n) is 5.25. The molecule has 0 aliphatic heterocycles. The minimum atomic E-state index is -0.530. The van der Waals surface area contributed by atoms with E-state index in [9.17, 15) is 9.59 Å². The van der Waals surface area contributed by atoms with Crippen LogP contribution in [0.4, 0.5) is 0 Å². The Bertz CT molecular complexity index is 387. The van der Waals surface area contributed by atoms with Gasteiger partial charge in [-0.1, -0.05) is 0 Å². The molecule has 0 saturated heterocycles. The summed E-state index contributed by atoms with van der Waals surface area (Å²) in [7, 11) is 3.06. The van der Waals surface area contributed by atoms with Crippen LogP contribution in [0.2, 0.25) is 0 Å². The zero-order valence-electron chi connectivity index (χ0n) is 9.91. The number of nitrogens with one attached hydrogen (secondary N) is 2. The molecule has 0 bridgehead atoms. The third-order valence-corrected chi connectivity index (χ3v) is 2.11. The molecule has 0 unspecified atom stereocenters. The zero-order chi connectivity index (χ0) is 12.7. The molecule has 94 valence electrons. The topological polar surface area (TPSA) is 80.6 Å². The van der Waals surface area contributed by atoms with E-state index in [2.05, 4.69) is 15.4 Å². The Hall–Kier alpha value is -1.82. The van der Waals surface area contributed by atoms with E-state index in [0.29, 0.717) is 18.7 Å². The molecule has 0 atom stereocenters.